The number of nitrogens with zero attached hydrogens (tertiary/aromatic N) is 3. The van der Waals surface area contributed by atoms with Crippen LogP contribution in [0, 0.1) is 23.2 Å². The number of rotatable bonds is 13. The van der Waals surface area contributed by atoms with E-state index in [0.29, 0.717) is 31.5 Å². The standard InChI is InChI=1S/C41H55N3O5/c1-10-22-42(25-29-18-14-12-15-19-29)35(46)32-33-36(47)44(31(26-45)30-20-16-13-17-21-30)34(41(33)24-28(3)40(32,9)49-41)37(48)43(23-11-2)39(7,8)27-38(4,5)6/h10-21,28,31-34,45H,1-2,22-27H2,3-9H3/t28?,31-,32+,33+,34?,40-,41?/m1/s1. The van der Waals surface area contributed by atoms with Gasteiger partial charge in [0.25, 0.3) is 0 Å². The van der Waals surface area contributed by atoms with Gasteiger partial charge in [-0.25, -0.2) is 0 Å². The van der Waals surface area contributed by atoms with Gasteiger partial charge in [-0.2, -0.15) is 0 Å². The fourth-order valence-corrected chi connectivity index (χ4v) is 9.39. The van der Waals surface area contributed by atoms with Crippen LogP contribution in [0.25, 0.3) is 0 Å². The molecule has 264 valence electrons. The van der Waals surface area contributed by atoms with Crippen molar-refractivity contribution in [3.8, 4) is 0 Å². The minimum absolute atomic E-state index is 0.0952. The lowest BCUT2D eigenvalue weighted by Crippen LogP contribution is -2.61. The van der Waals surface area contributed by atoms with E-state index in [1.54, 1.807) is 22.0 Å². The van der Waals surface area contributed by atoms with Crippen LogP contribution in [-0.4, -0.2) is 80.0 Å². The number of carbonyl (C=O) groups excluding carboxylic acids is 3. The highest BCUT2D eigenvalue weighted by Crippen LogP contribution is 2.66. The third kappa shape index (κ3) is 6.38. The summed E-state index contributed by atoms with van der Waals surface area (Å²) in [5.74, 6) is -2.65. The van der Waals surface area contributed by atoms with E-state index in [2.05, 4.69) is 54.7 Å². The summed E-state index contributed by atoms with van der Waals surface area (Å²) in [6.07, 6.45) is 4.56. The second-order valence-electron chi connectivity index (χ2n) is 16.3. The smallest absolute Gasteiger partial charge is 0.249 e. The maximum atomic E-state index is 15.4. The fourth-order valence-electron chi connectivity index (χ4n) is 9.39. The first-order chi connectivity index (χ1) is 23.1. The first kappa shape index (κ1) is 36.5. The molecule has 0 aromatic heterocycles. The van der Waals surface area contributed by atoms with Crippen LogP contribution in [0.4, 0.5) is 0 Å². The van der Waals surface area contributed by atoms with Crippen LogP contribution in [0.1, 0.15) is 78.5 Å². The molecular weight excluding hydrogens is 614 g/mol. The van der Waals surface area contributed by atoms with Crippen molar-refractivity contribution in [3.63, 3.8) is 0 Å². The summed E-state index contributed by atoms with van der Waals surface area (Å²) in [5, 5.41) is 11.0. The summed E-state index contributed by atoms with van der Waals surface area (Å²) in [5.41, 5.74) is -1.27. The van der Waals surface area contributed by atoms with Crippen molar-refractivity contribution < 1.29 is 24.2 Å². The van der Waals surface area contributed by atoms with Gasteiger partial charge in [-0.05, 0) is 56.1 Å². The second kappa shape index (κ2) is 13.5. The highest BCUT2D eigenvalue weighted by atomic mass is 16.5. The Labute approximate surface area is 292 Å². The van der Waals surface area contributed by atoms with Crippen molar-refractivity contribution in [1.82, 2.24) is 14.7 Å². The zero-order chi connectivity index (χ0) is 35.9. The Morgan fingerprint density at radius 3 is 2.14 bits per heavy atom. The minimum atomic E-state index is -1.27. The lowest BCUT2D eigenvalue weighted by molar-refractivity contribution is -0.161. The van der Waals surface area contributed by atoms with Gasteiger partial charge >= 0.3 is 0 Å². The van der Waals surface area contributed by atoms with E-state index in [4.69, 9.17) is 4.74 Å². The number of aliphatic hydroxyl groups is 1. The zero-order valence-electron chi connectivity index (χ0n) is 30.4. The monoisotopic (exact) mass is 669 g/mol. The number of likely N-dealkylation sites (tertiary alicyclic amines) is 1. The molecule has 3 heterocycles. The molecule has 1 N–H and O–H groups in total. The van der Waals surface area contributed by atoms with Crippen molar-refractivity contribution in [3.05, 3.63) is 97.1 Å². The Morgan fingerprint density at radius 2 is 1.59 bits per heavy atom. The molecule has 7 atom stereocenters. The molecule has 8 heteroatoms. The molecule has 5 rings (SSSR count). The summed E-state index contributed by atoms with van der Waals surface area (Å²) in [7, 11) is 0. The molecule has 0 aliphatic carbocycles. The third-order valence-electron chi connectivity index (χ3n) is 11.1. The van der Waals surface area contributed by atoms with Crippen LogP contribution in [0.3, 0.4) is 0 Å². The van der Waals surface area contributed by atoms with Crippen LogP contribution in [-0.2, 0) is 25.7 Å². The van der Waals surface area contributed by atoms with E-state index in [1.807, 2.05) is 72.5 Å². The van der Waals surface area contributed by atoms with Gasteiger partial charge in [-0.15, -0.1) is 13.2 Å². The number of amides is 3. The van der Waals surface area contributed by atoms with Crippen molar-refractivity contribution >= 4 is 17.7 Å². The summed E-state index contributed by atoms with van der Waals surface area (Å²) >= 11 is 0. The van der Waals surface area contributed by atoms with E-state index in [1.165, 1.54) is 0 Å². The summed E-state index contributed by atoms with van der Waals surface area (Å²) in [6, 6.07) is 17.2. The number of hydrogen-bond acceptors (Lipinski definition) is 5. The van der Waals surface area contributed by atoms with E-state index in [9.17, 15) is 9.90 Å². The predicted molar refractivity (Wildman–Crippen MR) is 192 cm³/mol. The van der Waals surface area contributed by atoms with Gasteiger partial charge < -0.3 is 24.5 Å². The normalized spacial score (nSPS) is 28.2. The second-order valence-corrected chi connectivity index (χ2v) is 16.3. The first-order valence-electron chi connectivity index (χ1n) is 17.6. The number of ether oxygens (including phenoxy) is 1. The average molecular weight is 670 g/mol. The van der Waals surface area contributed by atoms with Gasteiger partial charge in [-0.3, -0.25) is 14.4 Å². The van der Waals surface area contributed by atoms with E-state index in [-0.39, 0.29) is 35.6 Å². The van der Waals surface area contributed by atoms with Crippen LogP contribution in [0.15, 0.2) is 86.0 Å². The number of benzene rings is 2. The zero-order valence-corrected chi connectivity index (χ0v) is 30.4. The predicted octanol–water partition coefficient (Wildman–Crippen LogP) is 6.17. The Hall–Kier alpha value is -3.75. The molecule has 8 nitrogen and oxygen atoms in total. The van der Waals surface area contributed by atoms with Gasteiger partial charge in [-0.1, -0.05) is 101 Å². The quantitative estimate of drug-likeness (QED) is 0.258. The van der Waals surface area contributed by atoms with Crippen LogP contribution < -0.4 is 0 Å². The number of carbonyl (C=O) groups is 3. The number of fused-ring (bicyclic) bond motifs is 1. The maximum absolute atomic E-state index is 15.4. The van der Waals surface area contributed by atoms with Crippen molar-refractivity contribution in [2.75, 3.05) is 19.7 Å². The first-order valence-corrected chi connectivity index (χ1v) is 17.6. The van der Waals surface area contributed by atoms with E-state index < -0.39 is 47.3 Å². The molecule has 2 bridgehead atoms. The molecule has 49 heavy (non-hydrogen) atoms. The molecule has 0 radical (unpaired) electrons. The third-order valence-corrected chi connectivity index (χ3v) is 11.1. The molecule has 2 aromatic carbocycles. The molecule has 3 fully saturated rings. The van der Waals surface area contributed by atoms with Crippen LogP contribution >= 0.6 is 0 Å². The molecule has 3 aliphatic heterocycles. The van der Waals surface area contributed by atoms with Crippen molar-refractivity contribution in [2.24, 2.45) is 23.2 Å². The molecule has 3 amide bonds. The molecular formula is C41H55N3O5. The molecule has 3 unspecified atom stereocenters. The lowest BCUT2D eigenvalue weighted by atomic mass is 9.62. The molecule has 0 saturated carbocycles. The van der Waals surface area contributed by atoms with Gasteiger partial charge in [0, 0.05) is 25.2 Å². The molecule has 2 aromatic rings. The van der Waals surface area contributed by atoms with Gasteiger partial charge in [0.1, 0.15) is 11.6 Å². The Bertz CT molecular complexity index is 1550. The highest BCUT2D eigenvalue weighted by Gasteiger charge is 2.80. The Morgan fingerprint density at radius 1 is 1.00 bits per heavy atom. The summed E-state index contributed by atoms with van der Waals surface area (Å²) in [4.78, 5) is 50.6. The van der Waals surface area contributed by atoms with E-state index in [0.717, 1.165) is 5.56 Å². The fraction of sp³-hybridized carbons (Fsp3) is 0.537. The van der Waals surface area contributed by atoms with Gasteiger partial charge in [0.15, 0.2) is 0 Å². The summed E-state index contributed by atoms with van der Waals surface area (Å²) in [6.45, 7) is 23.0. The SMILES string of the molecule is C=CCN(Cc1ccccc1)C(=O)[C@@H]1[C@H]2C(=O)N([C@H](CO)c3ccccc3)C(C(=O)N(CC=C)C(C)(C)CC(C)(C)C)C23CC(C)[C@@]1(C)O3. The van der Waals surface area contributed by atoms with Crippen LogP contribution in [0.5, 0.6) is 0 Å². The topological polar surface area (TPSA) is 90.4 Å². The Kier molecular flexibility index (Phi) is 10.1. The Balaban J connectivity index is 1.67. The number of hydrogen-bond donors (Lipinski definition) is 1. The van der Waals surface area contributed by atoms with E-state index >= 15 is 9.59 Å². The molecule has 1 spiro atoms. The summed E-state index contributed by atoms with van der Waals surface area (Å²) < 4.78 is 7.11. The largest absolute Gasteiger partial charge is 0.394 e. The van der Waals surface area contributed by atoms with Crippen molar-refractivity contribution in [1.29, 1.82) is 0 Å². The van der Waals surface area contributed by atoms with Gasteiger partial charge in [0.05, 0.1) is 30.1 Å². The molecule has 3 aliphatic rings. The lowest BCUT2D eigenvalue weighted by Gasteiger charge is -2.46. The molecule has 3 saturated heterocycles. The highest BCUT2D eigenvalue weighted by molar-refractivity contribution is 6.00. The number of aliphatic hydroxyl groups excluding tert-OH is 1. The van der Waals surface area contributed by atoms with Crippen molar-refractivity contribution in [2.45, 2.75) is 96.7 Å². The maximum Gasteiger partial charge on any atom is 0.249 e. The van der Waals surface area contributed by atoms with Crippen LogP contribution in [0.2, 0.25) is 0 Å². The minimum Gasteiger partial charge on any atom is -0.394 e. The van der Waals surface area contributed by atoms with Gasteiger partial charge in [0.2, 0.25) is 17.7 Å². The average Bonchev–Trinajstić information content (AvgIpc) is 3.55.